The van der Waals surface area contributed by atoms with Gasteiger partial charge in [-0.15, -0.1) is 0 Å². The first-order valence-corrected chi connectivity index (χ1v) is 12.7. The van der Waals surface area contributed by atoms with Crippen molar-refractivity contribution in [2.45, 2.75) is 38.5 Å². The van der Waals surface area contributed by atoms with Crippen molar-refractivity contribution < 1.29 is 33.3 Å². The summed E-state index contributed by atoms with van der Waals surface area (Å²) in [5.74, 6) is 0.00916. The highest BCUT2D eigenvalue weighted by Crippen LogP contribution is 2.29. The van der Waals surface area contributed by atoms with Gasteiger partial charge in [-0.1, -0.05) is 54.6 Å². The molecule has 1 aliphatic carbocycles. The molecule has 0 spiro atoms. The number of likely N-dealkylation sites (N-methyl/N-ethyl adjacent to an activating group) is 1. The second-order valence-corrected chi connectivity index (χ2v) is 10.2. The number of hydrogen-bond acceptors (Lipinski definition) is 1. The molecule has 0 bridgehead atoms. The fraction of sp³-hybridized carbons (Fsp3) is 0.323. The minimum Gasteiger partial charge on any atom is -1.00 e. The highest BCUT2D eigenvalue weighted by atomic mass is 127. The summed E-state index contributed by atoms with van der Waals surface area (Å²) in [5, 5.41) is 3.12. The molecule has 1 heterocycles. The van der Waals surface area contributed by atoms with Gasteiger partial charge in [-0.3, -0.25) is 4.79 Å². The third kappa shape index (κ3) is 6.42. The number of likely N-dealkylation sites (tertiary alicyclic amines) is 1. The van der Waals surface area contributed by atoms with Gasteiger partial charge in [-0.2, -0.15) is 0 Å². The van der Waals surface area contributed by atoms with Gasteiger partial charge < -0.3 is 33.8 Å². The SMILES string of the molecule is C[N+]1(CCc2ccc(NC(=O)C3=Cc4cc(-c5ccccc5)ccc4CC3)cc2)CCCCC1.[I-]. The molecule has 1 aliphatic heterocycles. The van der Waals surface area contributed by atoms with E-state index in [0.717, 1.165) is 36.1 Å². The number of carbonyl (C=O) groups excluding carboxylic acids is 1. The number of fused-ring (bicyclic) bond motifs is 1. The van der Waals surface area contributed by atoms with Crippen LogP contribution in [0.2, 0.25) is 0 Å². The number of carbonyl (C=O) groups is 1. The average Bonchev–Trinajstić information content (AvgIpc) is 2.88. The van der Waals surface area contributed by atoms with Crippen molar-refractivity contribution in [3.05, 3.63) is 95.1 Å². The van der Waals surface area contributed by atoms with Crippen LogP contribution in [0.3, 0.4) is 0 Å². The zero-order valence-electron chi connectivity index (χ0n) is 20.6. The van der Waals surface area contributed by atoms with E-state index in [1.54, 1.807) is 0 Å². The number of piperidine rings is 1. The summed E-state index contributed by atoms with van der Waals surface area (Å²) >= 11 is 0. The number of nitrogens with one attached hydrogen (secondary N) is 1. The number of halogens is 1. The van der Waals surface area contributed by atoms with Crippen LogP contribution in [0.4, 0.5) is 5.69 Å². The van der Waals surface area contributed by atoms with Crippen molar-refractivity contribution in [1.29, 1.82) is 0 Å². The monoisotopic (exact) mass is 578 g/mol. The van der Waals surface area contributed by atoms with E-state index >= 15 is 0 Å². The van der Waals surface area contributed by atoms with Gasteiger partial charge in [0.25, 0.3) is 5.91 Å². The lowest BCUT2D eigenvalue weighted by Gasteiger charge is -2.37. The molecule has 0 radical (unpaired) electrons. The highest BCUT2D eigenvalue weighted by molar-refractivity contribution is 6.07. The standard InChI is InChI=1S/C31H34N2O.HI/c1-33(19-6-3-7-20-33)21-18-24-10-16-30(17-11-24)32-31(34)28-15-13-26-12-14-27(22-29(26)23-28)25-8-4-2-5-9-25;/h2,4-5,8-12,14,16-17,22-23H,3,6-7,13,15,18-21H2,1H3;1H. The van der Waals surface area contributed by atoms with Crippen LogP contribution in [0, 0.1) is 0 Å². The number of rotatable bonds is 6. The summed E-state index contributed by atoms with van der Waals surface area (Å²) < 4.78 is 1.19. The molecular weight excluding hydrogens is 543 g/mol. The molecular formula is C31H35IN2O. The number of anilines is 1. The summed E-state index contributed by atoms with van der Waals surface area (Å²) in [6.45, 7) is 3.81. The van der Waals surface area contributed by atoms with Crippen LogP contribution in [-0.4, -0.2) is 37.1 Å². The summed E-state index contributed by atoms with van der Waals surface area (Å²) in [6.07, 6.45) is 8.94. The first-order valence-electron chi connectivity index (χ1n) is 12.7. The smallest absolute Gasteiger partial charge is 0.251 e. The largest absolute Gasteiger partial charge is 1.00 e. The van der Waals surface area contributed by atoms with Crippen LogP contribution < -0.4 is 29.3 Å². The number of quaternary nitrogens is 1. The van der Waals surface area contributed by atoms with Crippen LogP contribution in [0.15, 0.2) is 78.4 Å². The van der Waals surface area contributed by atoms with Gasteiger partial charge in [-0.25, -0.2) is 0 Å². The molecule has 5 rings (SSSR count). The third-order valence-corrected chi connectivity index (χ3v) is 7.59. The van der Waals surface area contributed by atoms with Crippen molar-refractivity contribution in [3.63, 3.8) is 0 Å². The van der Waals surface area contributed by atoms with E-state index in [9.17, 15) is 4.79 Å². The van der Waals surface area contributed by atoms with E-state index in [1.165, 1.54) is 65.6 Å². The Balaban J connectivity index is 0.00000289. The predicted octanol–water partition coefficient (Wildman–Crippen LogP) is 3.50. The molecule has 1 amide bonds. The molecule has 1 saturated heterocycles. The molecule has 0 atom stereocenters. The molecule has 182 valence electrons. The average molecular weight is 579 g/mol. The first kappa shape index (κ1) is 25.6. The molecule has 3 aromatic carbocycles. The van der Waals surface area contributed by atoms with Crippen molar-refractivity contribution in [2.24, 2.45) is 0 Å². The Labute approximate surface area is 226 Å². The van der Waals surface area contributed by atoms with Crippen LogP contribution in [-0.2, 0) is 17.6 Å². The van der Waals surface area contributed by atoms with Gasteiger partial charge in [0, 0.05) is 17.7 Å². The lowest BCUT2D eigenvalue weighted by Crippen LogP contribution is -3.00. The number of amides is 1. The molecule has 3 aromatic rings. The van der Waals surface area contributed by atoms with Crippen molar-refractivity contribution in [3.8, 4) is 11.1 Å². The van der Waals surface area contributed by atoms with Crippen molar-refractivity contribution in [2.75, 3.05) is 32.0 Å². The summed E-state index contributed by atoms with van der Waals surface area (Å²) in [7, 11) is 2.40. The Hall–Kier alpha value is -2.44. The molecule has 1 N–H and O–H groups in total. The van der Waals surface area contributed by atoms with Gasteiger partial charge in [0.05, 0.1) is 26.7 Å². The van der Waals surface area contributed by atoms with E-state index in [1.807, 2.05) is 18.2 Å². The number of hydrogen-bond donors (Lipinski definition) is 1. The van der Waals surface area contributed by atoms with E-state index < -0.39 is 0 Å². The lowest BCUT2D eigenvalue weighted by molar-refractivity contribution is -0.913. The van der Waals surface area contributed by atoms with Crippen LogP contribution >= 0.6 is 0 Å². The number of benzene rings is 3. The fourth-order valence-electron chi connectivity index (χ4n) is 5.34. The summed E-state index contributed by atoms with van der Waals surface area (Å²) in [4.78, 5) is 13.0. The highest BCUT2D eigenvalue weighted by Gasteiger charge is 2.24. The van der Waals surface area contributed by atoms with Crippen LogP contribution in [0.25, 0.3) is 17.2 Å². The Bertz CT molecular complexity index is 1180. The van der Waals surface area contributed by atoms with Gasteiger partial charge in [0.15, 0.2) is 0 Å². The summed E-state index contributed by atoms with van der Waals surface area (Å²) in [6, 6.07) is 25.4. The third-order valence-electron chi connectivity index (χ3n) is 7.59. The van der Waals surface area contributed by atoms with Crippen molar-refractivity contribution >= 4 is 17.7 Å². The molecule has 2 aliphatic rings. The molecule has 0 saturated carbocycles. The Morgan fingerprint density at radius 2 is 1.60 bits per heavy atom. The van der Waals surface area contributed by atoms with E-state index in [-0.39, 0.29) is 29.9 Å². The molecule has 1 fully saturated rings. The van der Waals surface area contributed by atoms with Crippen LogP contribution in [0.1, 0.15) is 42.4 Å². The van der Waals surface area contributed by atoms with E-state index in [4.69, 9.17) is 0 Å². The second kappa shape index (κ2) is 11.5. The minimum atomic E-state index is 0. The van der Waals surface area contributed by atoms with Gasteiger partial charge in [0.1, 0.15) is 0 Å². The topological polar surface area (TPSA) is 29.1 Å². The molecule has 35 heavy (non-hydrogen) atoms. The Morgan fingerprint density at radius 1 is 0.857 bits per heavy atom. The van der Waals surface area contributed by atoms with E-state index in [2.05, 4.69) is 73.0 Å². The maximum Gasteiger partial charge on any atom is 0.251 e. The van der Waals surface area contributed by atoms with E-state index in [0.29, 0.717) is 0 Å². The molecule has 3 nitrogen and oxygen atoms in total. The normalized spacial score (nSPS) is 16.4. The van der Waals surface area contributed by atoms with Crippen molar-refractivity contribution in [1.82, 2.24) is 0 Å². The molecule has 0 aromatic heterocycles. The zero-order chi connectivity index (χ0) is 23.4. The first-order chi connectivity index (χ1) is 16.6. The van der Waals surface area contributed by atoms with Gasteiger partial charge in [-0.05, 0) is 84.2 Å². The lowest BCUT2D eigenvalue weighted by atomic mass is 9.89. The number of nitrogens with zero attached hydrogens (tertiary/aromatic N) is 1. The quantitative estimate of drug-likeness (QED) is 0.352. The maximum atomic E-state index is 13.0. The second-order valence-electron chi connectivity index (χ2n) is 10.2. The predicted molar refractivity (Wildman–Crippen MR) is 142 cm³/mol. The minimum absolute atomic E-state index is 0. The Morgan fingerprint density at radius 3 is 2.34 bits per heavy atom. The molecule has 0 unspecified atom stereocenters. The summed E-state index contributed by atoms with van der Waals surface area (Å²) in [5.41, 5.74) is 7.93. The fourth-order valence-corrected chi connectivity index (χ4v) is 5.34. The Kier molecular flexibility index (Phi) is 8.45. The van der Waals surface area contributed by atoms with Crippen LogP contribution in [0.5, 0.6) is 0 Å². The maximum absolute atomic E-state index is 13.0. The zero-order valence-corrected chi connectivity index (χ0v) is 22.8. The van der Waals surface area contributed by atoms with Gasteiger partial charge in [0.2, 0.25) is 0 Å². The van der Waals surface area contributed by atoms with Gasteiger partial charge >= 0.3 is 0 Å². The number of aryl methyl sites for hydroxylation is 1. The molecule has 4 heteroatoms.